The van der Waals surface area contributed by atoms with Gasteiger partial charge in [0.1, 0.15) is 5.58 Å². The lowest BCUT2D eigenvalue weighted by molar-refractivity contribution is 0.0567. The summed E-state index contributed by atoms with van der Waals surface area (Å²) in [5.74, 6) is -0.279. The molecule has 0 aliphatic carbocycles. The number of hydrogen-bond acceptors (Lipinski definition) is 5. The number of fused-ring (bicyclic) bond motifs is 1. The highest BCUT2D eigenvalue weighted by Gasteiger charge is 2.13. The van der Waals surface area contributed by atoms with Crippen molar-refractivity contribution in [1.82, 2.24) is 5.32 Å². The summed E-state index contributed by atoms with van der Waals surface area (Å²) in [5.41, 5.74) is 3.52. The zero-order valence-corrected chi connectivity index (χ0v) is 14.1. The quantitative estimate of drug-likeness (QED) is 0.715. The fourth-order valence-electron chi connectivity index (χ4n) is 2.64. The van der Waals surface area contributed by atoms with Crippen LogP contribution in [0.15, 0.2) is 52.9 Å². The fraction of sp³-hybridized carbons (Fsp3) is 0.200. The van der Waals surface area contributed by atoms with Gasteiger partial charge < -0.3 is 14.5 Å². The number of nitriles is 1. The van der Waals surface area contributed by atoms with Crippen LogP contribution in [-0.2, 0) is 11.3 Å². The molecule has 0 radical (unpaired) electrons. The van der Waals surface area contributed by atoms with Crippen molar-refractivity contribution in [2.24, 2.45) is 0 Å². The highest BCUT2D eigenvalue weighted by atomic mass is 16.5. The van der Waals surface area contributed by atoms with Gasteiger partial charge in [0.2, 0.25) is 5.76 Å². The van der Waals surface area contributed by atoms with Gasteiger partial charge in [-0.05, 0) is 48.4 Å². The average Bonchev–Trinajstić information content (AvgIpc) is 3.08. The zero-order valence-electron chi connectivity index (χ0n) is 14.1. The van der Waals surface area contributed by atoms with Crippen LogP contribution in [0.1, 0.15) is 40.2 Å². The molecule has 3 rings (SSSR count). The minimum Gasteiger partial charge on any atom is -0.463 e. The van der Waals surface area contributed by atoms with Crippen molar-refractivity contribution in [2.75, 3.05) is 7.11 Å². The number of methoxy groups -OCH3 is 1. The molecule has 1 heterocycles. The van der Waals surface area contributed by atoms with Crippen LogP contribution in [0.5, 0.6) is 0 Å². The number of nitrogens with one attached hydrogen (secondary N) is 1. The molecule has 0 spiro atoms. The molecule has 1 atom stereocenters. The van der Waals surface area contributed by atoms with Gasteiger partial charge in [0, 0.05) is 18.0 Å². The summed E-state index contributed by atoms with van der Waals surface area (Å²) in [7, 11) is 1.33. The van der Waals surface area contributed by atoms with Gasteiger partial charge in [-0.3, -0.25) is 0 Å². The van der Waals surface area contributed by atoms with E-state index in [1.807, 2.05) is 42.5 Å². The van der Waals surface area contributed by atoms with E-state index in [0.717, 1.165) is 16.5 Å². The Labute approximate surface area is 145 Å². The van der Waals surface area contributed by atoms with Gasteiger partial charge in [-0.15, -0.1) is 0 Å². The lowest BCUT2D eigenvalue weighted by atomic mass is 10.1. The molecule has 0 aliphatic heterocycles. The largest absolute Gasteiger partial charge is 0.463 e. The third kappa shape index (κ3) is 3.70. The van der Waals surface area contributed by atoms with Gasteiger partial charge in [-0.1, -0.05) is 18.2 Å². The number of rotatable bonds is 5. The van der Waals surface area contributed by atoms with Crippen LogP contribution in [0.2, 0.25) is 0 Å². The van der Waals surface area contributed by atoms with Crippen molar-refractivity contribution in [3.8, 4) is 6.07 Å². The summed E-state index contributed by atoms with van der Waals surface area (Å²) in [6, 6.07) is 17.3. The van der Waals surface area contributed by atoms with Crippen LogP contribution < -0.4 is 5.32 Å². The number of ether oxygens (including phenoxy) is 1. The predicted molar refractivity (Wildman–Crippen MR) is 94.0 cm³/mol. The number of esters is 1. The minimum atomic E-state index is -0.481. The molecule has 0 unspecified atom stereocenters. The SMILES string of the molecule is COC(=O)c1cc2cc(CN[C@H](C)c3ccc(C#N)cc3)ccc2o1. The molecular weight excluding hydrogens is 316 g/mol. The zero-order chi connectivity index (χ0) is 17.8. The molecule has 0 saturated carbocycles. The second kappa shape index (κ2) is 7.20. The van der Waals surface area contributed by atoms with Crippen LogP contribution in [0, 0.1) is 11.3 Å². The maximum absolute atomic E-state index is 11.5. The first-order valence-electron chi connectivity index (χ1n) is 7.95. The van der Waals surface area contributed by atoms with E-state index in [1.54, 1.807) is 6.07 Å². The van der Waals surface area contributed by atoms with E-state index in [2.05, 4.69) is 23.0 Å². The van der Waals surface area contributed by atoms with Crippen LogP contribution in [0.4, 0.5) is 0 Å². The van der Waals surface area contributed by atoms with Gasteiger partial charge in [-0.25, -0.2) is 4.79 Å². The number of furan rings is 1. The number of carbonyl (C=O) groups excluding carboxylic acids is 1. The minimum absolute atomic E-state index is 0.151. The van der Waals surface area contributed by atoms with E-state index in [4.69, 9.17) is 9.68 Å². The molecular formula is C20H18N2O3. The van der Waals surface area contributed by atoms with Crippen molar-refractivity contribution in [2.45, 2.75) is 19.5 Å². The fourth-order valence-corrected chi connectivity index (χ4v) is 2.64. The first-order chi connectivity index (χ1) is 12.1. The van der Waals surface area contributed by atoms with Crippen molar-refractivity contribution in [3.63, 3.8) is 0 Å². The third-order valence-electron chi connectivity index (χ3n) is 4.12. The summed E-state index contributed by atoms with van der Waals surface area (Å²) in [6.07, 6.45) is 0. The molecule has 0 amide bonds. The van der Waals surface area contributed by atoms with Crippen LogP contribution in [0.25, 0.3) is 11.0 Å². The summed E-state index contributed by atoms with van der Waals surface area (Å²) >= 11 is 0. The standard InChI is InChI=1S/C20H18N2O3/c1-13(16-6-3-14(11-21)4-7-16)22-12-15-5-8-18-17(9-15)10-19(25-18)20(23)24-2/h3-10,13,22H,12H2,1-2H3/t13-/m1/s1. The maximum Gasteiger partial charge on any atom is 0.373 e. The van der Waals surface area contributed by atoms with Crippen LogP contribution >= 0.6 is 0 Å². The molecule has 1 N–H and O–H groups in total. The van der Waals surface area contributed by atoms with Crippen molar-refractivity contribution >= 4 is 16.9 Å². The highest BCUT2D eigenvalue weighted by Crippen LogP contribution is 2.22. The molecule has 1 aromatic heterocycles. The molecule has 0 aliphatic rings. The maximum atomic E-state index is 11.5. The molecule has 0 saturated heterocycles. The predicted octanol–water partition coefficient (Wildman–Crippen LogP) is 3.94. The molecule has 25 heavy (non-hydrogen) atoms. The first kappa shape index (κ1) is 16.7. The smallest absolute Gasteiger partial charge is 0.373 e. The van der Waals surface area contributed by atoms with Gasteiger partial charge in [-0.2, -0.15) is 5.26 Å². The van der Waals surface area contributed by atoms with E-state index >= 15 is 0 Å². The molecule has 5 nitrogen and oxygen atoms in total. The van der Waals surface area contributed by atoms with E-state index in [1.165, 1.54) is 7.11 Å². The van der Waals surface area contributed by atoms with Crippen molar-refractivity contribution in [3.05, 3.63) is 71.0 Å². The summed E-state index contributed by atoms with van der Waals surface area (Å²) in [5, 5.41) is 13.2. The monoisotopic (exact) mass is 334 g/mol. The average molecular weight is 334 g/mol. The number of benzene rings is 2. The Hall–Kier alpha value is -3.10. The van der Waals surface area contributed by atoms with E-state index in [0.29, 0.717) is 17.7 Å². The molecule has 126 valence electrons. The molecule has 2 aromatic carbocycles. The van der Waals surface area contributed by atoms with Gasteiger partial charge >= 0.3 is 5.97 Å². The number of nitrogens with zero attached hydrogens (tertiary/aromatic N) is 1. The Morgan fingerprint density at radius 3 is 2.68 bits per heavy atom. The highest BCUT2D eigenvalue weighted by molar-refractivity contribution is 5.92. The van der Waals surface area contributed by atoms with Crippen LogP contribution in [0.3, 0.4) is 0 Å². The Balaban J connectivity index is 1.69. The van der Waals surface area contributed by atoms with E-state index in [-0.39, 0.29) is 11.8 Å². The summed E-state index contributed by atoms with van der Waals surface area (Å²) in [4.78, 5) is 11.5. The first-order valence-corrected chi connectivity index (χ1v) is 7.95. The topological polar surface area (TPSA) is 75.3 Å². The Kier molecular flexibility index (Phi) is 4.82. The van der Waals surface area contributed by atoms with Gasteiger partial charge in [0.15, 0.2) is 0 Å². The Bertz CT molecular complexity index is 936. The van der Waals surface area contributed by atoms with Crippen molar-refractivity contribution in [1.29, 1.82) is 5.26 Å². The summed E-state index contributed by atoms with van der Waals surface area (Å²) in [6.45, 7) is 2.75. The second-order valence-electron chi connectivity index (χ2n) is 5.81. The van der Waals surface area contributed by atoms with E-state index < -0.39 is 5.97 Å². The third-order valence-corrected chi connectivity index (χ3v) is 4.12. The molecule has 5 heteroatoms. The normalized spacial score (nSPS) is 11.9. The van der Waals surface area contributed by atoms with Crippen molar-refractivity contribution < 1.29 is 13.9 Å². The van der Waals surface area contributed by atoms with Crippen LogP contribution in [-0.4, -0.2) is 13.1 Å². The van der Waals surface area contributed by atoms with Gasteiger partial charge in [0.05, 0.1) is 18.7 Å². The molecule has 3 aromatic rings. The van der Waals surface area contributed by atoms with E-state index in [9.17, 15) is 4.79 Å². The molecule has 0 bridgehead atoms. The Morgan fingerprint density at radius 1 is 1.24 bits per heavy atom. The van der Waals surface area contributed by atoms with Gasteiger partial charge in [0.25, 0.3) is 0 Å². The lowest BCUT2D eigenvalue weighted by Crippen LogP contribution is -2.17. The molecule has 0 fully saturated rings. The Morgan fingerprint density at radius 2 is 2.00 bits per heavy atom. The number of carbonyl (C=O) groups is 1. The number of hydrogen-bond donors (Lipinski definition) is 1. The lowest BCUT2D eigenvalue weighted by Gasteiger charge is -2.14. The summed E-state index contributed by atoms with van der Waals surface area (Å²) < 4.78 is 10.1. The second-order valence-corrected chi connectivity index (χ2v) is 5.81.